The number of carbonyl (C=O) groups excluding carboxylic acids is 2. The van der Waals surface area contributed by atoms with Gasteiger partial charge in [0.1, 0.15) is 6.54 Å². The Morgan fingerprint density at radius 3 is 2.58 bits per heavy atom. The topological polar surface area (TPSA) is 62.3 Å². The van der Waals surface area contributed by atoms with E-state index < -0.39 is 30.1 Å². The lowest BCUT2D eigenvalue weighted by atomic mass is 10.1. The van der Waals surface area contributed by atoms with E-state index >= 15 is 0 Å². The maximum Gasteiger partial charge on any atom is 0.416 e. The molecule has 0 aliphatic heterocycles. The molecule has 0 unspecified atom stereocenters. The van der Waals surface area contributed by atoms with E-state index in [1.807, 2.05) is 0 Å². The predicted molar refractivity (Wildman–Crippen MR) is 90.6 cm³/mol. The number of hydrogen-bond donors (Lipinski definition) is 1. The average Bonchev–Trinajstić information content (AvgIpc) is 2.58. The monoisotopic (exact) mass is 385 g/mol. The van der Waals surface area contributed by atoms with E-state index in [2.05, 4.69) is 10.3 Å². The Kier molecular flexibility index (Phi) is 6.20. The van der Waals surface area contributed by atoms with E-state index in [-0.39, 0.29) is 17.3 Å². The zero-order valence-electron chi connectivity index (χ0n) is 13.7. The van der Waals surface area contributed by atoms with Crippen LogP contribution in [0.15, 0.2) is 42.7 Å². The van der Waals surface area contributed by atoms with Crippen LogP contribution in [0.25, 0.3) is 0 Å². The summed E-state index contributed by atoms with van der Waals surface area (Å²) in [6.07, 6.45) is -1.45. The van der Waals surface area contributed by atoms with Crippen molar-refractivity contribution in [1.82, 2.24) is 10.3 Å². The van der Waals surface area contributed by atoms with Gasteiger partial charge in [-0.1, -0.05) is 17.7 Å². The van der Waals surface area contributed by atoms with Crippen LogP contribution in [0.3, 0.4) is 0 Å². The molecule has 138 valence electrons. The summed E-state index contributed by atoms with van der Waals surface area (Å²) < 4.78 is 38.7. The molecular weight excluding hydrogens is 371 g/mol. The highest BCUT2D eigenvalue weighted by Crippen LogP contribution is 2.35. The van der Waals surface area contributed by atoms with Crippen LogP contribution in [0.2, 0.25) is 5.02 Å². The third kappa shape index (κ3) is 5.19. The van der Waals surface area contributed by atoms with Crippen LogP contribution in [-0.4, -0.2) is 23.3 Å². The quantitative estimate of drug-likeness (QED) is 0.857. The van der Waals surface area contributed by atoms with Crippen molar-refractivity contribution in [3.05, 3.63) is 58.9 Å². The predicted octanol–water partition coefficient (Wildman–Crippen LogP) is 3.42. The molecule has 2 aromatic rings. The van der Waals surface area contributed by atoms with Crippen molar-refractivity contribution in [3.63, 3.8) is 0 Å². The molecule has 0 saturated carbocycles. The van der Waals surface area contributed by atoms with Crippen molar-refractivity contribution in [2.24, 2.45) is 0 Å². The molecule has 9 heteroatoms. The maximum absolute atomic E-state index is 12.9. The molecule has 0 aliphatic carbocycles. The molecule has 0 spiro atoms. The van der Waals surface area contributed by atoms with Gasteiger partial charge in [0, 0.05) is 25.9 Å². The van der Waals surface area contributed by atoms with Crippen LogP contribution in [0.1, 0.15) is 18.1 Å². The Hall–Kier alpha value is -2.61. The standard InChI is InChI=1S/C17H15ClF3N3O2/c1-11(25)24(10-16(26)23-9-12-3-2-6-22-8-12)15-7-13(17(19,20)21)4-5-14(15)18/h2-8H,9-10H2,1H3,(H,23,26). The van der Waals surface area contributed by atoms with Gasteiger partial charge in [0.15, 0.2) is 0 Å². The van der Waals surface area contributed by atoms with Crippen LogP contribution >= 0.6 is 11.6 Å². The summed E-state index contributed by atoms with van der Waals surface area (Å²) >= 11 is 5.94. The number of pyridine rings is 1. The average molecular weight is 386 g/mol. The third-order valence-corrected chi connectivity index (χ3v) is 3.78. The molecule has 5 nitrogen and oxygen atoms in total. The second kappa shape index (κ2) is 8.18. The van der Waals surface area contributed by atoms with Gasteiger partial charge in [-0.15, -0.1) is 0 Å². The van der Waals surface area contributed by atoms with Crippen LogP contribution < -0.4 is 10.2 Å². The van der Waals surface area contributed by atoms with Gasteiger partial charge >= 0.3 is 6.18 Å². The molecule has 26 heavy (non-hydrogen) atoms. The second-order valence-electron chi connectivity index (χ2n) is 5.41. The smallest absolute Gasteiger partial charge is 0.350 e. The minimum Gasteiger partial charge on any atom is -0.350 e. The Balaban J connectivity index is 2.16. The fourth-order valence-corrected chi connectivity index (χ4v) is 2.38. The number of anilines is 1. The van der Waals surface area contributed by atoms with Gasteiger partial charge < -0.3 is 10.2 Å². The van der Waals surface area contributed by atoms with Crippen LogP contribution in [0.5, 0.6) is 0 Å². The van der Waals surface area contributed by atoms with E-state index in [1.54, 1.807) is 24.5 Å². The molecular formula is C17H15ClF3N3O2. The van der Waals surface area contributed by atoms with Gasteiger partial charge in [-0.05, 0) is 29.8 Å². The molecule has 1 N–H and O–H groups in total. The van der Waals surface area contributed by atoms with E-state index in [9.17, 15) is 22.8 Å². The lowest BCUT2D eigenvalue weighted by Crippen LogP contribution is -2.39. The van der Waals surface area contributed by atoms with Gasteiger partial charge in [0.25, 0.3) is 0 Å². The summed E-state index contributed by atoms with van der Waals surface area (Å²) in [6.45, 7) is 0.857. The van der Waals surface area contributed by atoms with Gasteiger partial charge in [0.05, 0.1) is 16.3 Å². The molecule has 0 radical (unpaired) electrons. The summed E-state index contributed by atoms with van der Waals surface area (Å²) in [6, 6.07) is 6.05. The number of carbonyl (C=O) groups is 2. The second-order valence-corrected chi connectivity index (χ2v) is 5.81. The lowest BCUT2D eigenvalue weighted by Gasteiger charge is -2.23. The number of hydrogen-bond acceptors (Lipinski definition) is 3. The molecule has 0 bridgehead atoms. The minimum absolute atomic E-state index is 0.0618. The molecule has 0 fully saturated rings. The Bertz CT molecular complexity index is 798. The van der Waals surface area contributed by atoms with Crippen molar-refractivity contribution in [1.29, 1.82) is 0 Å². The van der Waals surface area contributed by atoms with E-state index in [4.69, 9.17) is 11.6 Å². The molecule has 1 aromatic heterocycles. The first-order valence-electron chi connectivity index (χ1n) is 7.49. The van der Waals surface area contributed by atoms with Crippen LogP contribution in [0, 0.1) is 0 Å². The summed E-state index contributed by atoms with van der Waals surface area (Å²) in [5.74, 6) is -1.15. The van der Waals surface area contributed by atoms with Gasteiger partial charge in [-0.25, -0.2) is 0 Å². The van der Waals surface area contributed by atoms with E-state index in [0.717, 1.165) is 35.6 Å². The largest absolute Gasteiger partial charge is 0.416 e. The first-order chi connectivity index (χ1) is 12.2. The van der Waals surface area contributed by atoms with E-state index in [1.165, 1.54) is 0 Å². The van der Waals surface area contributed by atoms with Crippen molar-refractivity contribution >= 4 is 29.1 Å². The zero-order chi connectivity index (χ0) is 19.3. The summed E-state index contributed by atoms with van der Waals surface area (Å²) in [7, 11) is 0. The zero-order valence-corrected chi connectivity index (χ0v) is 14.4. The molecule has 2 rings (SSSR count). The van der Waals surface area contributed by atoms with Gasteiger partial charge in [-0.3, -0.25) is 14.6 Å². The number of aromatic nitrogens is 1. The van der Waals surface area contributed by atoms with Crippen molar-refractivity contribution < 1.29 is 22.8 Å². The molecule has 0 aliphatic rings. The SMILES string of the molecule is CC(=O)N(CC(=O)NCc1cccnc1)c1cc(C(F)(F)F)ccc1Cl. The molecule has 0 saturated heterocycles. The number of alkyl halides is 3. The minimum atomic E-state index is -4.59. The third-order valence-electron chi connectivity index (χ3n) is 3.46. The van der Waals surface area contributed by atoms with Crippen molar-refractivity contribution in [2.45, 2.75) is 19.6 Å². The number of rotatable bonds is 5. The molecule has 1 heterocycles. The number of amides is 2. The number of halogens is 4. The number of nitrogens with one attached hydrogen (secondary N) is 1. The van der Waals surface area contributed by atoms with Gasteiger partial charge in [0.2, 0.25) is 11.8 Å². The highest BCUT2D eigenvalue weighted by atomic mass is 35.5. The summed E-state index contributed by atoms with van der Waals surface area (Å²) in [5, 5.41) is 2.52. The lowest BCUT2D eigenvalue weighted by molar-refractivity contribution is -0.137. The molecule has 0 atom stereocenters. The molecule has 1 aromatic carbocycles. The number of benzene rings is 1. The first kappa shape index (κ1) is 19.7. The van der Waals surface area contributed by atoms with E-state index in [0.29, 0.717) is 0 Å². The first-order valence-corrected chi connectivity index (χ1v) is 7.86. The summed E-state index contributed by atoms with van der Waals surface area (Å²) in [5.41, 5.74) is -0.392. The highest BCUT2D eigenvalue weighted by molar-refractivity contribution is 6.34. The highest BCUT2D eigenvalue weighted by Gasteiger charge is 2.32. The Morgan fingerprint density at radius 1 is 1.27 bits per heavy atom. The maximum atomic E-state index is 12.9. The Morgan fingerprint density at radius 2 is 2.00 bits per heavy atom. The van der Waals surface area contributed by atoms with Crippen LogP contribution in [0.4, 0.5) is 18.9 Å². The normalized spacial score (nSPS) is 11.1. The Labute approximate surface area is 152 Å². The van der Waals surface area contributed by atoms with Crippen LogP contribution in [-0.2, 0) is 22.3 Å². The fourth-order valence-electron chi connectivity index (χ4n) is 2.16. The number of nitrogens with zero attached hydrogens (tertiary/aromatic N) is 2. The van der Waals surface area contributed by atoms with Gasteiger partial charge in [-0.2, -0.15) is 13.2 Å². The van der Waals surface area contributed by atoms with Crippen molar-refractivity contribution in [3.8, 4) is 0 Å². The summed E-state index contributed by atoms with van der Waals surface area (Å²) in [4.78, 5) is 28.8. The van der Waals surface area contributed by atoms with Crippen molar-refractivity contribution in [2.75, 3.05) is 11.4 Å². The fraction of sp³-hybridized carbons (Fsp3) is 0.235. The molecule has 2 amide bonds.